The Kier molecular flexibility index (Phi) is 5.57. The molecule has 0 fully saturated rings. The lowest BCUT2D eigenvalue weighted by molar-refractivity contribution is 0.102. The maximum atomic E-state index is 14.1. The van der Waals surface area contributed by atoms with Gasteiger partial charge in [0.15, 0.2) is 0 Å². The first-order valence-electron chi connectivity index (χ1n) is 8.15. The molecule has 0 spiro atoms. The summed E-state index contributed by atoms with van der Waals surface area (Å²) >= 11 is 0. The highest BCUT2D eigenvalue weighted by Crippen LogP contribution is 2.19. The van der Waals surface area contributed by atoms with Gasteiger partial charge in [0.2, 0.25) is 10.0 Å². The Labute approximate surface area is 160 Å². The lowest BCUT2D eigenvalue weighted by Gasteiger charge is -2.10. The number of sulfonamides is 1. The van der Waals surface area contributed by atoms with E-state index in [-0.39, 0.29) is 17.1 Å². The van der Waals surface area contributed by atoms with E-state index in [1.54, 1.807) is 19.1 Å². The molecule has 1 amide bonds. The summed E-state index contributed by atoms with van der Waals surface area (Å²) in [5.74, 6) is -1.94. The monoisotopic (exact) mass is 406 g/mol. The van der Waals surface area contributed by atoms with Crippen molar-refractivity contribution in [3.63, 3.8) is 0 Å². The van der Waals surface area contributed by atoms with E-state index in [2.05, 4.69) is 10.0 Å². The Hall–Kier alpha value is -3.04. The average molecular weight is 406 g/mol. The molecular weight excluding hydrogens is 390 g/mol. The zero-order valence-corrected chi connectivity index (χ0v) is 15.5. The van der Waals surface area contributed by atoms with E-state index in [0.717, 1.165) is 24.3 Å². The van der Waals surface area contributed by atoms with Crippen LogP contribution in [0.5, 0.6) is 0 Å². The highest BCUT2D eigenvalue weighted by atomic mass is 32.2. The molecule has 0 bridgehead atoms. The van der Waals surface area contributed by atoms with E-state index in [1.165, 1.54) is 18.4 Å². The van der Waals surface area contributed by atoms with Crippen molar-refractivity contribution < 1.29 is 26.4 Å². The molecule has 146 valence electrons. The number of hydrogen-bond donors (Lipinski definition) is 2. The summed E-state index contributed by atoms with van der Waals surface area (Å²) in [4.78, 5) is 12.1. The van der Waals surface area contributed by atoms with E-state index < -0.39 is 33.1 Å². The third kappa shape index (κ3) is 4.44. The number of benzene rings is 2. The smallest absolute Gasteiger partial charge is 0.258 e. The standard InChI is InChI=1S/C19H16F2N2O4S/c1-12-4-5-13(9-18(12)21)23-19(24)16-10-15(6-7-17(16)20)28(25,26)22-11-14-3-2-8-27-14/h2-10,22H,11H2,1H3,(H,23,24). The van der Waals surface area contributed by atoms with Gasteiger partial charge in [-0.2, -0.15) is 0 Å². The van der Waals surface area contributed by atoms with Crippen LogP contribution in [-0.2, 0) is 16.6 Å². The van der Waals surface area contributed by atoms with Gasteiger partial charge in [-0.3, -0.25) is 4.79 Å². The Bertz CT molecular complexity index is 1110. The van der Waals surface area contributed by atoms with E-state index in [4.69, 9.17) is 4.42 Å². The van der Waals surface area contributed by atoms with Crippen LogP contribution in [0.3, 0.4) is 0 Å². The van der Waals surface area contributed by atoms with Crippen LogP contribution in [0.4, 0.5) is 14.5 Å². The van der Waals surface area contributed by atoms with Gasteiger partial charge in [0.1, 0.15) is 17.4 Å². The molecule has 28 heavy (non-hydrogen) atoms. The third-order valence-electron chi connectivity index (χ3n) is 3.94. The molecule has 3 aromatic rings. The number of carbonyl (C=O) groups is 1. The van der Waals surface area contributed by atoms with Gasteiger partial charge in [-0.05, 0) is 55.0 Å². The summed E-state index contributed by atoms with van der Waals surface area (Å²) in [5, 5.41) is 2.35. The number of hydrogen-bond acceptors (Lipinski definition) is 4. The Morgan fingerprint density at radius 2 is 1.86 bits per heavy atom. The number of carbonyl (C=O) groups excluding carboxylic acids is 1. The molecular formula is C19H16F2N2O4S. The van der Waals surface area contributed by atoms with Crippen molar-refractivity contribution in [2.45, 2.75) is 18.4 Å². The first kappa shape index (κ1) is 19.7. The second-order valence-electron chi connectivity index (χ2n) is 5.96. The molecule has 6 nitrogen and oxygen atoms in total. The fourth-order valence-corrected chi connectivity index (χ4v) is 3.40. The molecule has 0 radical (unpaired) electrons. The number of amides is 1. The summed E-state index contributed by atoms with van der Waals surface area (Å²) in [5.41, 5.74) is 0.0264. The quantitative estimate of drug-likeness (QED) is 0.655. The average Bonchev–Trinajstić information content (AvgIpc) is 3.17. The maximum Gasteiger partial charge on any atom is 0.258 e. The highest BCUT2D eigenvalue weighted by molar-refractivity contribution is 7.89. The van der Waals surface area contributed by atoms with Crippen molar-refractivity contribution >= 4 is 21.6 Å². The fraction of sp³-hybridized carbons (Fsp3) is 0.105. The van der Waals surface area contributed by atoms with Crippen molar-refractivity contribution in [2.24, 2.45) is 0 Å². The Balaban J connectivity index is 1.81. The number of rotatable bonds is 6. The second kappa shape index (κ2) is 7.91. The summed E-state index contributed by atoms with van der Waals surface area (Å²) in [6.07, 6.45) is 1.40. The predicted molar refractivity (Wildman–Crippen MR) is 98.2 cm³/mol. The van der Waals surface area contributed by atoms with Crippen LogP contribution in [0, 0.1) is 18.6 Å². The Morgan fingerprint density at radius 3 is 2.54 bits per heavy atom. The molecule has 2 aromatic carbocycles. The molecule has 0 aliphatic heterocycles. The van der Waals surface area contributed by atoms with Gasteiger partial charge in [0.05, 0.1) is 23.3 Å². The fourth-order valence-electron chi connectivity index (χ4n) is 2.38. The van der Waals surface area contributed by atoms with Crippen molar-refractivity contribution in [3.05, 3.63) is 83.3 Å². The van der Waals surface area contributed by atoms with Gasteiger partial charge in [-0.15, -0.1) is 0 Å². The summed E-state index contributed by atoms with van der Waals surface area (Å²) in [6.45, 7) is 1.46. The van der Waals surface area contributed by atoms with E-state index in [0.29, 0.717) is 11.3 Å². The van der Waals surface area contributed by atoms with Crippen LogP contribution < -0.4 is 10.0 Å². The molecule has 2 N–H and O–H groups in total. The van der Waals surface area contributed by atoms with Gasteiger partial charge in [0, 0.05) is 5.69 Å². The zero-order valence-electron chi connectivity index (χ0n) is 14.7. The molecule has 1 aromatic heterocycles. The molecule has 3 rings (SSSR count). The van der Waals surface area contributed by atoms with Gasteiger partial charge in [0.25, 0.3) is 5.91 Å². The number of anilines is 1. The Morgan fingerprint density at radius 1 is 1.07 bits per heavy atom. The summed E-state index contributed by atoms with van der Waals surface area (Å²) < 4.78 is 59.9. The first-order chi connectivity index (χ1) is 13.3. The molecule has 0 atom stereocenters. The number of furan rings is 1. The number of nitrogens with one attached hydrogen (secondary N) is 2. The van der Waals surface area contributed by atoms with Crippen molar-refractivity contribution in [1.82, 2.24) is 4.72 Å². The van der Waals surface area contributed by atoms with Crippen LogP contribution >= 0.6 is 0 Å². The van der Waals surface area contributed by atoms with Crippen molar-refractivity contribution in [3.8, 4) is 0 Å². The van der Waals surface area contributed by atoms with Gasteiger partial charge >= 0.3 is 0 Å². The van der Waals surface area contributed by atoms with Crippen LogP contribution in [0.25, 0.3) is 0 Å². The molecule has 0 aliphatic carbocycles. The first-order valence-corrected chi connectivity index (χ1v) is 9.64. The van der Waals surface area contributed by atoms with E-state index in [1.807, 2.05) is 0 Å². The van der Waals surface area contributed by atoms with Crippen LogP contribution in [0.2, 0.25) is 0 Å². The van der Waals surface area contributed by atoms with Gasteiger partial charge < -0.3 is 9.73 Å². The minimum atomic E-state index is -4.01. The highest BCUT2D eigenvalue weighted by Gasteiger charge is 2.20. The maximum absolute atomic E-state index is 14.1. The minimum Gasteiger partial charge on any atom is -0.468 e. The van der Waals surface area contributed by atoms with Gasteiger partial charge in [-0.1, -0.05) is 6.07 Å². The van der Waals surface area contributed by atoms with Gasteiger partial charge in [-0.25, -0.2) is 21.9 Å². The number of aryl methyl sites for hydroxylation is 1. The molecule has 0 aliphatic rings. The normalized spacial score (nSPS) is 11.4. The summed E-state index contributed by atoms with van der Waals surface area (Å²) in [6, 6.07) is 10.1. The lowest BCUT2D eigenvalue weighted by atomic mass is 10.1. The molecule has 0 unspecified atom stereocenters. The molecule has 9 heteroatoms. The summed E-state index contributed by atoms with van der Waals surface area (Å²) in [7, 11) is -4.01. The van der Waals surface area contributed by atoms with Crippen LogP contribution in [0.1, 0.15) is 21.7 Å². The molecule has 0 saturated heterocycles. The van der Waals surface area contributed by atoms with E-state index >= 15 is 0 Å². The van der Waals surface area contributed by atoms with Crippen LogP contribution in [-0.4, -0.2) is 14.3 Å². The van der Waals surface area contributed by atoms with E-state index in [9.17, 15) is 22.0 Å². The molecule has 0 saturated carbocycles. The lowest BCUT2D eigenvalue weighted by Crippen LogP contribution is -2.24. The van der Waals surface area contributed by atoms with Crippen molar-refractivity contribution in [2.75, 3.05) is 5.32 Å². The topological polar surface area (TPSA) is 88.4 Å². The molecule has 1 heterocycles. The second-order valence-corrected chi connectivity index (χ2v) is 7.73. The van der Waals surface area contributed by atoms with Crippen molar-refractivity contribution in [1.29, 1.82) is 0 Å². The number of halogens is 2. The van der Waals surface area contributed by atoms with Crippen LogP contribution in [0.15, 0.2) is 64.1 Å². The minimum absolute atomic E-state index is 0.100. The SMILES string of the molecule is Cc1ccc(NC(=O)c2cc(S(=O)(=O)NCc3ccco3)ccc2F)cc1F. The zero-order chi connectivity index (χ0) is 20.3. The predicted octanol–water partition coefficient (Wildman–Crippen LogP) is 3.60. The largest absolute Gasteiger partial charge is 0.468 e. The third-order valence-corrected chi connectivity index (χ3v) is 5.34.